The SMILES string of the molecule is O=Cc1ccc(N2C[C@@H](O)[C@@H](O)C2)s1. The van der Waals surface area contributed by atoms with E-state index in [4.69, 9.17) is 0 Å². The smallest absolute Gasteiger partial charge is 0.160 e. The molecule has 14 heavy (non-hydrogen) atoms. The van der Waals surface area contributed by atoms with E-state index in [-0.39, 0.29) is 0 Å². The first-order valence-corrected chi connectivity index (χ1v) is 5.18. The number of hydrogen-bond acceptors (Lipinski definition) is 5. The van der Waals surface area contributed by atoms with Crippen molar-refractivity contribution in [2.45, 2.75) is 12.2 Å². The van der Waals surface area contributed by atoms with E-state index in [9.17, 15) is 15.0 Å². The molecule has 2 heterocycles. The molecule has 0 saturated carbocycles. The third-order valence-electron chi connectivity index (χ3n) is 2.30. The average molecular weight is 213 g/mol. The Balaban J connectivity index is 2.12. The lowest BCUT2D eigenvalue weighted by molar-refractivity contribution is 0.0572. The van der Waals surface area contributed by atoms with Crippen molar-refractivity contribution in [3.8, 4) is 0 Å². The van der Waals surface area contributed by atoms with Gasteiger partial charge in [0.25, 0.3) is 0 Å². The third-order valence-corrected chi connectivity index (χ3v) is 3.37. The lowest BCUT2D eigenvalue weighted by Gasteiger charge is -2.13. The van der Waals surface area contributed by atoms with Gasteiger partial charge in [-0.25, -0.2) is 0 Å². The molecule has 1 aliphatic rings. The van der Waals surface area contributed by atoms with Crippen LogP contribution in [0.15, 0.2) is 12.1 Å². The monoisotopic (exact) mass is 213 g/mol. The first kappa shape index (κ1) is 9.64. The molecule has 1 aliphatic heterocycles. The number of thiophene rings is 1. The zero-order valence-corrected chi connectivity index (χ0v) is 8.28. The molecular formula is C9H11NO3S. The van der Waals surface area contributed by atoms with E-state index in [0.717, 1.165) is 11.3 Å². The van der Waals surface area contributed by atoms with Gasteiger partial charge in [-0.2, -0.15) is 0 Å². The number of β-amino-alcohol motifs (C(OH)–C–C–N with tert-alkyl or cyclic N) is 2. The fourth-order valence-electron chi connectivity index (χ4n) is 1.52. The topological polar surface area (TPSA) is 60.8 Å². The second-order valence-electron chi connectivity index (χ2n) is 3.33. The molecule has 2 N–H and O–H groups in total. The number of nitrogens with zero attached hydrogens (tertiary/aromatic N) is 1. The number of aliphatic hydroxyl groups excluding tert-OH is 2. The number of aliphatic hydroxyl groups is 2. The van der Waals surface area contributed by atoms with Crippen LogP contribution in [0.1, 0.15) is 9.67 Å². The molecule has 0 amide bonds. The molecule has 1 aromatic rings. The zero-order chi connectivity index (χ0) is 10.1. The highest BCUT2D eigenvalue weighted by atomic mass is 32.1. The Morgan fingerprint density at radius 2 is 2.00 bits per heavy atom. The van der Waals surface area contributed by atoms with Crippen LogP contribution in [-0.4, -0.2) is 41.8 Å². The molecule has 0 aliphatic carbocycles. The van der Waals surface area contributed by atoms with E-state index in [1.807, 2.05) is 11.0 Å². The van der Waals surface area contributed by atoms with Crippen molar-refractivity contribution in [1.82, 2.24) is 0 Å². The maximum atomic E-state index is 10.5. The van der Waals surface area contributed by atoms with Gasteiger partial charge in [-0.05, 0) is 12.1 Å². The van der Waals surface area contributed by atoms with E-state index >= 15 is 0 Å². The first-order chi connectivity index (χ1) is 6.70. The summed E-state index contributed by atoms with van der Waals surface area (Å²) in [7, 11) is 0. The number of hydrogen-bond donors (Lipinski definition) is 2. The van der Waals surface area contributed by atoms with Gasteiger partial charge in [0, 0.05) is 13.1 Å². The van der Waals surface area contributed by atoms with Crippen LogP contribution in [0.5, 0.6) is 0 Å². The van der Waals surface area contributed by atoms with Gasteiger partial charge >= 0.3 is 0 Å². The highest BCUT2D eigenvalue weighted by Gasteiger charge is 2.30. The number of rotatable bonds is 2. The summed E-state index contributed by atoms with van der Waals surface area (Å²) >= 11 is 1.37. The number of anilines is 1. The summed E-state index contributed by atoms with van der Waals surface area (Å²) in [6.45, 7) is 0.861. The Morgan fingerprint density at radius 3 is 2.50 bits per heavy atom. The molecule has 1 saturated heterocycles. The van der Waals surface area contributed by atoms with Gasteiger partial charge in [0.15, 0.2) is 6.29 Å². The van der Waals surface area contributed by atoms with Crippen molar-refractivity contribution in [3.05, 3.63) is 17.0 Å². The molecule has 2 atom stereocenters. The molecule has 4 nitrogen and oxygen atoms in total. The lowest BCUT2D eigenvalue weighted by Crippen LogP contribution is -2.22. The summed E-state index contributed by atoms with van der Waals surface area (Å²) in [4.78, 5) is 13.0. The van der Waals surface area contributed by atoms with Gasteiger partial charge in [-0.3, -0.25) is 4.79 Å². The fraction of sp³-hybridized carbons (Fsp3) is 0.444. The molecule has 1 aromatic heterocycles. The van der Waals surface area contributed by atoms with Crippen LogP contribution in [0.3, 0.4) is 0 Å². The van der Waals surface area contributed by atoms with Crippen LogP contribution in [0.4, 0.5) is 5.00 Å². The van der Waals surface area contributed by atoms with Crippen LogP contribution in [0.25, 0.3) is 0 Å². The lowest BCUT2D eigenvalue weighted by atomic mass is 10.3. The quantitative estimate of drug-likeness (QED) is 0.684. The molecule has 0 bridgehead atoms. The van der Waals surface area contributed by atoms with Crippen molar-refractivity contribution in [2.75, 3.05) is 18.0 Å². The first-order valence-electron chi connectivity index (χ1n) is 4.37. The molecule has 0 aromatic carbocycles. The molecule has 0 radical (unpaired) electrons. The Kier molecular flexibility index (Phi) is 2.54. The van der Waals surface area contributed by atoms with Crippen LogP contribution in [-0.2, 0) is 0 Å². The summed E-state index contributed by atoms with van der Waals surface area (Å²) in [6, 6.07) is 3.57. The van der Waals surface area contributed by atoms with Crippen LogP contribution >= 0.6 is 11.3 Å². The summed E-state index contributed by atoms with van der Waals surface area (Å²) in [5, 5.41) is 19.6. The van der Waals surface area contributed by atoms with E-state index in [1.54, 1.807) is 6.07 Å². The number of carbonyl (C=O) groups excluding carboxylic acids is 1. The van der Waals surface area contributed by atoms with Gasteiger partial charge in [0.1, 0.15) is 0 Å². The predicted molar refractivity (Wildman–Crippen MR) is 53.9 cm³/mol. The predicted octanol–water partition coefficient (Wildman–Crippen LogP) is 0.102. The molecule has 76 valence electrons. The van der Waals surface area contributed by atoms with Gasteiger partial charge in [0.05, 0.1) is 22.1 Å². The fourth-order valence-corrected chi connectivity index (χ4v) is 2.36. The number of aldehydes is 1. The zero-order valence-electron chi connectivity index (χ0n) is 7.46. The van der Waals surface area contributed by atoms with Crippen molar-refractivity contribution >= 4 is 22.6 Å². The molecule has 1 fully saturated rings. The minimum Gasteiger partial charge on any atom is -0.389 e. The van der Waals surface area contributed by atoms with Gasteiger partial charge in [-0.15, -0.1) is 11.3 Å². The van der Waals surface area contributed by atoms with E-state index in [2.05, 4.69) is 0 Å². The minimum absolute atomic E-state index is 0.431. The normalized spacial score (nSPS) is 26.9. The summed E-state index contributed by atoms with van der Waals surface area (Å²) in [6.07, 6.45) is -0.564. The Hall–Kier alpha value is -0.910. The summed E-state index contributed by atoms with van der Waals surface area (Å²) in [5.74, 6) is 0. The maximum Gasteiger partial charge on any atom is 0.160 e. The van der Waals surface area contributed by atoms with Crippen molar-refractivity contribution < 1.29 is 15.0 Å². The van der Waals surface area contributed by atoms with Crippen molar-refractivity contribution in [1.29, 1.82) is 0 Å². The third kappa shape index (κ3) is 1.66. The summed E-state index contributed by atoms with van der Waals surface area (Å²) in [5.41, 5.74) is 0. The van der Waals surface area contributed by atoms with Crippen LogP contribution in [0, 0.1) is 0 Å². The molecule has 2 rings (SSSR count). The highest BCUT2D eigenvalue weighted by Crippen LogP contribution is 2.28. The molecule has 0 unspecified atom stereocenters. The molecular weight excluding hydrogens is 202 g/mol. The Morgan fingerprint density at radius 1 is 1.36 bits per heavy atom. The van der Waals surface area contributed by atoms with Gasteiger partial charge in [0.2, 0.25) is 0 Å². The van der Waals surface area contributed by atoms with E-state index < -0.39 is 12.2 Å². The van der Waals surface area contributed by atoms with Crippen LogP contribution < -0.4 is 4.90 Å². The molecule has 5 heteroatoms. The average Bonchev–Trinajstić information content (AvgIpc) is 2.74. The van der Waals surface area contributed by atoms with Gasteiger partial charge < -0.3 is 15.1 Å². The molecule has 0 spiro atoms. The standard InChI is InChI=1S/C9H11NO3S/c11-5-6-1-2-9(14-6)10-3-7(12)8(13)4-10/h1-2,5,7-8,12-13H,3-4H2/t7-,8+. The summed E-state index contributed by atoms with van der Waals surface area (Å²) < 4.78 is 0. The van der Waals surface area contributed by atoms with Crippen LogP contribution in [0.2, 0.25) is 0 Å². The number of carbonyl (C=O) groups is 1. The second kappa shape index (κ2) is 3.68. The van der Waals surface area contributed by atoms with Gasteiger partial charge in [-0.1, -0.05) is 0 Å². The minimum atomic E-state index is -0.684. The highest BCUT2D eigenvalue weighted by molar-refractivity contribution is 7.17. The second-order valence-corrected chi connectivity index (χ2v) is 4.43. The van der Waals surface area contributed by atoms with E-state index in [0.29, 0.717) is 18.0 Å². The largest absolute Gasteiger partial charge is 0.389 e. The van der Waals surface area contributed by atoms with Crippen molar-refractivity contribution in [3.63, 3.8) is 0 Å². The maximum absolute atomic E-state index is 10.5. The van der Waals surface area contributed by atoms with E-state index in [1.165, 1.54) is 11.3 Å². The Labute approximate surface area is 85.4 Å². The Bertz CT molecular complexity index is 329. The van der Waals surface area contributed by atoms with Crippen molar-refractivity contribution in [2.24, 2.45) is 0 Å².